The summed E-state index contributed by atoms with van der Waals surface area (Å²) in [5.74, 6) is 5.58. The largest absolute Gasteiger partial charge is 0.461 e. The van der Waals surface area contributed by atoms with Crippen molar-refractivity contribution in [3.05, 3.63) is 53.4 Å². The van der Waals surface area contributed by atoms with E-state index < -0.39 is 29.5 Å². The van der Waals surface area contributed by atoms with Crippen molar-refractivity contribution in [2.45, 2.75) is 65.1 Å². The minimum Gasteiger partial charge on any atom is -0.461 e. The number of halogens is 1. The molecule has 2 atom stereocenters. The number of fused-ring (bicyclic) bond motifs is 1. The highest BCUT2D eigenvalue weighted by Gasteiger charge is 2.30. The Kier molecular flexibility index (Phi) is 7.80. The number of ether oxygens (including phenoxy) is 2. The lowest BCUT2D eigenvalue weighted by Crippen LogP contribution is -2.37. The minimum atomic E-state index is -0.625. The number of pyridine rings is 1. The average molecular weight is 523 g/mol. The van der Waals surface area contributed by atoms with Crippen LogP contribution >= 0.6 is 0 Å². The van der Waals surface area contributed by atoms with Crippen LogP contribution in [0.3, 0.4) is 0 Å². The van der Waals surface area contributed by atoms with Gasteiger partial charge in [0.05, 0.1) is 31.1 Å². The van der Waals surface area contributed by atoms with E-state index in [4.69, 9.17) is 9.47 Å². The van der Waals surface area contributed by atoms with E-state index in [2.05, 4.69) is 32.2 Å². The van der Waals surface area contributed by atoms with Crippen LogP contribution in [0.4, 0.5) is 15.0 Å². The zero-order valence-corrected chi connectivity index (χ0v) is 22.1. The first kappa shape index (κ1) is 26.9. The Morgan fingerprint density at radius 2 is 2.05 bits per heavy atom. The zero-order chi connectivity index (χ0) is 27.4. The van der Waals surface area contributed by atoms with E-state index in [-0.39, 0.29) is 18.3 Å². The molecule has 4 heterocycles. The molecule has 1 aliphatic heterocycles. The lowest BCUT2D eigenvalue weighted by atomic mass is 10.0. The molecule has 1 amide bonds. The van der Waals surface area contributed by atoms with Crippen molar-refractivity contribution < 1.29 is 23.5 Å². The number of carbonyl (C=O) groups is 2. The van der Waals surface area contributed by atoms with E-state index in [1.807, 2.05) is 11.0 Å². The van der Waals surface area contributed by atoms with Gasteiger partial charge in [0.2, 0.25) is 0 Å². The summed E-state index contributed by atoms with van der Waals surface area (Å²) in [6.07, 6.45) is 3.57. The minimum absolute atomic E-state index is 0.227. The average Bonchev–Trinajstić information content (AvgIpc) is 3.49. The van der Waals surface area contributed by atoms with E-state index in [9.17, 15) is 14.0 Å². The molecular weight excluding hydrogens is 491 g/mol. The molecule has 0 radical (unpaired) electrons. The number of nitrogens with one attached hydrogen (secondary N) is 1. The molecule has 0 saturated carbocycles. The molecule has 0 aromatic carbocycles. The Morgan fingerprint density at radius 3 is 2.79 bits per heavy atom. The van der Waals surface area contributed by atoms with Crippen LogP contribution in [0, 0.1) is 17.7 Å². The maximum absolute atomic E-state index is 14.4. The quantitative estimate of drug-likeness (QED) is 0.395. The third-order valence-corrected chi connectivity index (χ3v) is 5.76. The Bertz CT molecular complexity index is 1400. The molecule has 1 saturated heterocycles. The van der Waals surface area contributed by atoms with Crippen LogP contribution in [-0.4, -0.2) is 56.4 Å². The van der Waals surface area contributed by atoms with Gasteiger partial charge >= 0.3 is 12.1 Å². The lowest BCUT2D eigenvalue weighted by molar-refractivity contribution is 0.0507. The molecule has 38 heavy (non-hydrogen) atoms. The fourth-order valence-electron chi connectivity index (χ4n) is 4.24. The highest BCUT2D eigenvalue weighted by molar-refractivity contribution is 5.88. The van der Waals surface area contributed by atoms with Gasteiger partial charge in [-0.05, 0) is 71.6 Å². The van der Waals surface area contributed by atoms with Crippen molar-refractivity contribution in [1.29, 1.82) is 0 Å². The number of anilines is 1. The van der Waals surface area contributed by atoms with Crippen LogP contribution in [0.2, 0.25) is 0 Å². The molecule has 0 spiro atoms. The third kappa shape index (κ3) is 6.19. The molecule has 200 valence electrons. The van der Waals surface area contributed by atoms with Crippen molar-refractivity contribution in [2.24, 2.45) is 0 Å². The first-order valence-electron chi connectivity index (χ1n) is 12.5. The van der Waals surface area contributed by atoms with Crippen molar-refractivity contribution in [1.82, 2.24) is 24.9 Å². The number of aromatic nitrogens is 4. The van der Waals surface area contributed by atoms with Gasteiger partial charge in [-0.1, -0.05) is 5.92 Å². The predicted octanol–water partition coefficient (Wildman–Crippen LogP) is 4.05. The fourth-order valence-corrected chi connectivity index (χ4v) is 4.24. The van der Waals surface area contributed by atoms with Gasteiger partial charge in [0.15, 0.2) is 11.3 Å². The van der Waals surface area contributed by atoms with Gasteiger partial charge in [-0.15, -0.1) is 5.10 Å². The highest BCUT2D eigenvalue weighted by atomic mass is 19.1. The smallest absolute Gasteiger partial charge is 0.408 e. The van der Waals surface area contributed by atoms with Crippen LogP contribution in [-0.2, 0) is 9.47 Å². The summed E-state index contributed by atoms with van der Waals surface area (Å²) in [6.45, 7) is 9.71. The maximum Gasteiger partial charge on any atom is 0.408 e. The number of rotatable bonds is 5. The molecule has 4 rings (SSSR count). The van der Waals surface area contributed by atoms with Crippen molar-refractivity contribution >= 4 is 23.5 Å². The highest BCUT2D eigenvalue weighted by Crippen LogP contribution is 2.36. The fraction of sp³-hybridized carbons (Fsp3) is 0.444. The summed E-state index contributed by atoms with van der Waals surface area (Å²) in [7, 11) is 0. The topological polar surface area (TPSA) is 111 Å². The van der Waals surface area contributed by atoms with Crippen LogP contribution in [0.1, 0.15) is 75.2 Å². The molecule has 1 aliphatic rings. The Labute approximate surface area is 220 Å². The predicted molar refractivity (Wildman–Crippen MR) is 138 cm³/mol. The van der Waals surface area contributed by atoms with E-state index in [1.54, 1.807) is 40.7 Å². The van der Waals surface area contributed by atoms with Crippen molar-refractivity contribution in [3.63, 3.8) is 0 Å². The lowest BCUT2D eigenvalue weighted by Gasteiger charge is -2.26. The summed E-state index contributed by atoms with van der Waals surface area (Å²) >= 11 is 0. The van der Waals surface area contributed by atoms with Gasteiger partial charge in [0.1, 0.15) is 22.9 Å². The number of amides is 1. The number of carbonyl (C=O) groups excluding carboxylic acids is 2. The van der Waals surface area contributed by atoms with Gasteiger partial charge in [-0.2, -0.15) is 0 Å². The van der Waals surface area contributed by atoms with E-state index in [0.717, 1.165) is 19.0 Å². The standard InChI is InChI=1S/C27H31FN6O4/c1-6-37-25(35)22-16-30-23-11-12-24(32-34(22)23)33-13-7-8-21(33)19-14-18(28)15-29-20(19)10-9-17(2)31-26(36)38-27(3,4)5/h11-12,14-17,21H,6-8,13H2,1-5H3,(H,31,36)/t17-,21?/m1/s1. The van der Waals surface area contributed by atoms with Gasteiger partial charge in [0, 0.05) is 12.1 Å². The second-order valence-corrected chi connectivity index (χ2v) is 9.91. The van der Waals surface area contributed by atoms with Crippen LogP contribution in [0.15, 0.2) is 30.6 Å². The molecule has 11 heteroatoms. The Balaban J connectivity index is 1.61. The first-order chi connectivity index (χ1) is 18.1. The van der Waals surface area contributed by atoms with Crippen LogP contribution in [0.5, 0.6) is 0 Å². The van der Waals surface area contributed by atoms with Crippen molar-refractivity contribution in [3.8, 4) is 11.8 Å². The summed E-state index contributed by atoms with van der Waals surface area (Å²) in [5, 5.41) is 7.33. The Hall–Kier alpha value is -4.20. The molecule has 3 aromatic heterocycles. The maximum atomic E-state index is 14.4. The third-order valence-electron chi connectivity index (χ3n) is 5.76. The number of imidazole rings is 1. The molecule has 1 unspecified atom stereocenters. The number of alkyl carbamates (subject to hydrolysis) is 1. The molecule has 1 N–H and O–H groups in total. The van der Waals surface area contributed by atoms with Gasteiger partial charge in [-0.25, -0.2) is 28.5 Å². The Morgan fingerprint density at radius 1 is 1.26 bits per heavy atom. The number of esters is 1. The zero-order valence-electron chi connectivity index (χ0n) is 22.1. The SMILES string of the molecule is CCOC(=O)c1cnc2ccc(N3CCCC3c3cc(F)cnc3C#C[C@@H](C)NC(=O)OC(C)(C)C)nn12. The number of hydrogen-bond acceptors (Lipinski definition) is 8. The second kappa shape index (κ2) is 11.0. The van der Waals surface area contributed by atoms with Gasteiger partial charge in [0.25, 0.3) is 0 Å². The summed E-state index contributed by atoms with van der Waals surface area (Å²) in [4.78, 5) is 34.9. The van der Waals surface area contributed by atoms with E-state index >= 15 is 0 Å². The number of nitrogens with zero attached hydrogens (tertiary/aromatic N) is 5. The summed E-state index contributed by atoms with van der Waals surface area (Å²) in [6, 6.07) is 4.27. The molecular formula is C27H31FN6O4. The van der Waals surface area contributed by atoms with Gasteiger partial charge in [-0.3, -0.25) is 0 Å². The van der Waals surface area contributed by atoms with Gasteiger partial charge < -0.3 is 19.7 Å². The summed E-state index contributed by atoms with van der Waals surface area (Å²) in [5.41, 5.74) is 1.15. The van der Waals surface area contributed by atoms with Crippen LogP contribution in [0.25, 0.3) is 5.65 Å². The molecule has 3 aromatic rings. The van der Waals surface area contributed by atoms with Crippen molar-refractivity contribution in [2.75, 3.05) is 18.1 Å². The first-order valence-corrected chi connectivity index (χ1v) is 12.5. The molecule has 1 fully saturated rings. The molecule has 0 aliphatic carbocycles. The van der Waals surface area contributed by atoms with E-state index in [1.165, 1.54) is 16.8 Å². The second-order valence-electron chi connectivity index (χ2n) is 9.91. The monoisotopic (exact) mass is 522 g/mol. The van der Waals surface area contributed by atoms with Crippen LogP contribution < -0.4 is 10.2 Å². The number of hydrogen-bond donors (Lipinski definition) is 1. The molecule has 0 bridgehead atoms. The summed E-state index contributed by atoms with van der Waals surface area (Å²) < 4.78 is 26.2. The van der Waals surface area contributed by atoms with E-state index in [0.29, 0.717) is 29.3 Å². The normalized spacial score (nSPS) is 16.1. The molecule has 10 nitrogen and oxygen atoms in total.